The molecular formula is C12H16BrClN2O. The van der Waals surface area contributed by atoms with Crippen LogP contribution in [0.15, 0.2) is 22.7 Å². The van der Waals surface area contributed by atoms with E-state index in [4.69, 9.17) is 11.6 Å². The van der Waals surface area contributed by atoms with Gasteiger partial charge in [0.1, 0.15) is 0 Å². The molecule has 1 aliphatic rings. The molecule has 0 aromatic heterocycles. The zero-order valence-electron chi connectivity index (χ0n) is 9.71. The Hall–Kier alpha value is -0.290. The topological polar surface area (TPSA) is 35.5 Å². The van der Waals surface area contributed by atoms with Crippen molar-refractivity contribution in [1.29, 1.82) is 0 Å². The summed E-state index contributed by atoms with van der Waals surface area (Å²) in [7, 11) is 2.07. The van der Waals surface area contributed by atoms with Crippen LogP contribution in [0.4, 0.5) is 5.69 Å². The number of hydrogen-bond donors (Lipinski definition) is 2. The highest BCUT2D eigenvalue weighted by atomic mass is 79.9. The third-order valence-electron chi connectivity index (χ3n) is 3.18. The highest BCUT2D eigenvalue weighted by molar-refractivity contribution is 9.10. The second kappa shape index (κ2) is 5.14. The van der Waals surface area contributed by atoms with Gasteiger partial charge in [-0.3, -0.25) is 0 Å². The minimum absolute atomic E-state index is 0.136. The van der Waals surface area contributed by atoms with Crippen LogP contribution in [-0.4, -0.2) is 42.3 Å². The summed E-state index contributed by atoms with van der Waals surface area (Å²) in [5, 5.41) is 13.7. The van der Waals surface area contributed by atoms with E-state index in [2.05, 4.69) is 33.2 Å². The van der Waals surface area contributed by atoms with Crippen molar-refractivity contribution < 1.29 is 5.11 Å². The Morgan fingerprint density at radius 2 is 2.35 bits per heavy atom. The summed E-state index contributed by atoms with van der Waals surface area (Å²) in [5.41, 5.74) is 0.743. The molecule has 1 heterocycles. The van der Waals surface area contributed by atoms with Gasteiger partial charge in [0.05, 0.1) is 17.2 Å². The van der Waals surface area contributed by atoms with Gasteiger partial charge in [-0.2, -0.15) is 0 Å². The molecule has 1 atom stereocenters. The molecule has 1 saturated heterocycles. The van der Waals surface area contributed by atoms with Crippen molar-refractivity contribution in [3.05, 3.63) is 27.7 Å². The number of likely N-dealkylation sites (N-methyl/N-ethyl adjacent to an activating group) is 1. The number of halogens is 2. The second-order valence-electron chi connectivity index (χ2n) is 4.68. The van der Waals surface area contributed by atoms with E-state index in [-0.39, 0.29) is 12.1 Å². The molecule has 0 spiro atoms. The quantitative estimate of drug-likeness (QED) is 0.899. The summed E-state index contributed by atoms with van der Waals surface area (Å²) in [4.78, 5) is 2.22. The maximum atomic E-state index is 9.59. The van der Waals surface area contributed by atoms with Crippen LogP contribution in [0.2, 0.25) is 5.02 Å². The minimum atomic E-state index is -0.234. The van der Waals surface area contributed by atoms with Crippen LogP contribution in [-0.2, 0) is 0 Å². The van der Waals surface area contributed by atoms with Crippen molar-refractivity contribution >= 4 is 33.2 Å². The molecule has 2 N–H and O–H groups in total. The van der Waals surface area contributed by atoms with Gasteiger partial charge in [-0.25, -0.2) is 0 Å². The predicted octanol–water partition coefficient (Wildman–Crippen LogP) is 2.58. The molecule has 1 unspecified atom stereocenters. The van der Waals surface area contributed by atoms with Crippen molar-refractivity contribution in [1.82, 2.24) is 4.90 Å². The number of aliphatic hydroxyl groups excluding tert-OH is 1. The first-order valence-corrected chi connectivity index (χ1v) is 6.74. The fourth-order valence-electron chi connectivity index (χ4n) is 2.23. The summed E-state index contributed by atoms with van der Waals surface area (Å²) < 4.78 is 0.864. The molecule has 2 rings (SSSR count). The lowest BCUT2D eigenvalue weighted by molar-refractivity contribution is 0.212. The second-order valence-corrected chi connectivity index (χ2v) is 5.94. The van der Waals surface area contributed by atoms with Crippen LogP contribution < -0.4 is 5.32 Å². The lowest BCUT2D eigenvalue weighted by Crippen LogP contribution is -2.44. The lowest BCUT2D eigenvalue weighted by Gasteiger charge is -2.29. The maximum absolute atomic E-state index is 9.59. The van der Waals surface area contributed by atoms with Crippen molar-refractivity contribution in [2.75, 3.05) is 32.1 Å². The maximum Gasteiger partial charge on any atom is 0.0742 e. The molecule has 0 saturated carbocycles. The Morgan fingerprint density at radius 1 is 1.59 bits per heavy atom. The number of likely N-dealkylation sites (tertiary alicyclic amines) is 1. The van der Waals surface area contributed by atoms with Crippen molar-refractivity contribution in [2.45, 2.75) is 12.0 Å². The number of benzene rings is 1. The summed E-state index contributed by atoms with van der Waals surface area (Å²) in [6, 6.07) is 5.72. The monoisotopic (exact) mass is 318 g/mol. The predicted molar refractivity (Wildman–Crippen MR) is 74.7 cm³/mol. The van der Waals surface area contributed by atoms with Gasteiger partial charge in [0.25, 0.3) is 0 Å². The Morgan fingerprint density at radius 3 is 2.88 bits per heavy atom. The molecule has 5 heteroatoms. The van der Waals surface area contributed by atoms with Gasteiger partial charge in [0.15, 0.2) is 0 Å². The lowest BCUT2D eigenvalue weighted by atomic mass is 9.99. The van der Waals surface area contributed by atoms with Crippen LogP contribution in [0, 0.1) is 0 Å². The first-order valence-electron chi connectivity index (χ1n) is 5.57. The molecule has 1 fully saturated rings. The molecule has 0 radical (unpaired) electrons. The van der Waals surface area contributed by atoms with Gasteiger partial charge in [0.2, 0.25) is 0 Å². The Kier molecular flexibility index (Phi) is 3.98. The molecule has 1 aromatic rings. The van der Waals surface area contributed by atoms with Crippen molar-refractivity contribution in [2.24, 2.45) is 0 Å². The van der Waals surface area contributed by atoms with Gasteiger partial charge in [-0.05, 0) is 47.6 Å². The Balaban J connectivity index is 2.16. The van der Waals surface area contributed by atoms with E-state index in [1.54, 1.807) is 0 Å². The van der Waals surface area contributed by atoms with Crippen LogP contribution in [0.5, 0.6) is 0 Å². The van der Waals surface area contributed by atoms with E-state index < -0.39 is 0 Å². The highest BCUT2D eigenvalue weighted by Gasteiger charge is 2.36. The zero-order valence-corrected chi connectivity index (χ0v) is 12.1. The first kappa shape index (κ1) is 13.1. The molecule has 1 aromatic carbocycles. The van der Waals surface area contributed by atoms with Gasteiger partial charge < -0.3 is 15.3 Å². The number of nitrogens with zero attached hydrogens (tertiary/aromatic N) is 1. The smallest absolute Gasteiger partial charge is 0.0742 e. The van der Waals surface area contributed by atoms with Crippen LogP contribution >= 0.6 is 27.5 Å². The van der Waals surface area contributed by atoms with Crippen molar-refractivity contribution in [3.8, 4) is 0 Å². The van der Waals surface area contributed by atoms with Crippen LogP contribution in [0.1, 0.15) is 6.42 Å². The number of nitrogens with one attached hydrogen (secondary N) is 1. The summed E-state index contributed by atoms with van der Waals surface area (Å²) >= 11 is 9.36. The number of aliphatic hydroxyl groups is 1. The van der Waals surface area contributed by atoms with Crippen LogP contribution in [0.25, 0.3) is 0 Å². The SMILES string of the molecule is CN1CCC(CO)(Nc2ccc(Cl)c(Br)c2)C1. The van der Waals surface area contributed by atoms with Crippen molar-refractivity contribution in [3.63, 3.8) is 0 Å². The minimum Gasteiger partial charge on any atom is -0.394 e. The molecule has 3 nitrogen and oxygen atoms in total. The molecule has 0 bridgehead atoms. The van der Waals surface area contributed by atoms with Gasteiger partial charge in [-0.15, -0.1) is 0 Å². The van der Waals surface area contributed by atoms with E-state index >= 15 is 0 Å². The first-order chi connectivity index (χ1) is 8.04. The third kappa shape index (κ3) is 2.94. The van der Waals surface area contributed by atoms with E-state index in [0.717, 1.165) is 29.7 Å². The Bertz CT molecular complexity index is 415. The fraction of sp³-hybridized carbons (Fsp3) is 0.500. The normalized spacial score (nSPS) is 25.2. The Labute approximate surface area is 115 Å². The number of anilines is 1. The average Bonchev–Trinajstić information content (AvgIpc) is 2.66. The number of rotatable bonds is 3. The van der Waals surface area contributed by atoms with E-state index in [9.17, 15) is 5.11 Å². The summed E-state index contributed by atoms with van der Waals surface area (Å²) in [5.74, 6) is 0. The van der Waals surface area contributed by atoms with Gasteiger partial charge in [-0.1, -0.05) is 11.6 Å². The van der Waals surface area contributed by atoms with E-state index in [1.165, 1.54) is 0 Å². The third-order valence-corrected chi connectivity index (χ3v) is 4.39. The molecule has 0 amide bonds. The fourth-order valence-corrected chi connectivity index (χ4v) is 2.73. The molecule has 0 aliphatic carbocycles. The van der Waals surface area contributed by atoms with Gasteiger partial charge >= 0.3 is 0 Å². The molecular weight excluding hydrogens is 304 g/mol. The molecule has 17 heavy (non-hydrogen) atoms. The summed E-state index contributed by atoms with van der Waals surface area (Å²) in [6.07, 6.45) is 0.945. The molecule has 1 aliphatic heterocycles. The van der Waals surface area contributed by atoms with Gasteiger partial charge in [0, 0.05) is 23.2 Å². The number of hydrogen-bond acceptors (Lipinski definition) is 3. The van der Waals surface area contributed by atoms with E-state index in [1.807, 2.05) is 18.2 Å². The standard InChI is InChI=1S/C12H16BrClN2O/c1-16-5-4-12(7-16,8-17)15-9-2-3-11(14)10(13)6-9/h2-3,6,15,17H,4-5,7-8H2,1H3. The largest absolute Gasteiger partial charge is 0.394 e. The zero-order chi connectivity index (χ0) is 12.5. The van der Waals surface area contributed by atoms with E-state index in [0.29, 0.717) is 5.02 Å². The van der Waals surface area contributed by atoms with Crippen LogP contribution in [0.3, 0.4) is 0 Å². The molecule has 94 valence electrons. The summed E-state index contributed by atoms with van der Waals surface area (Å²) in [6.45, 7) is 1.99. The highest BCUT2D eigenvalue weighted by Crippen LogP contribution is 2.29. The average molecular weight is 320 g/mol.